The van der Waals surface area contributed by atoms with Crippen LogP contribution in [0, 0.1) is 11.6 Å². The van der Waals surface area contributed by atoms with E-state index in [1.807, 2.05) is 0 Å². The Hall–Kier alpha value is -1.36. The van der Waals surface area contributed by atoms with Gasteiger partial charge < -0.3 is 5.32 Å². The van der Waals surface area contributed by atoms with Crippen molar-refractivity contribution in [1.29, 1.82) is 0 Å². The number of benzene rings is 2. The highest BCUT2D eigenvalue weighted by Crippen LogP contribution is 2.32. The molecule has 1 N–H and O–H groups in total. The minimum Gasteiger partial charge on any atom is -0.320 e. The Kier molecular flexibility index (Phi) is 4.48. The van der Waals surface area contributed by atoms with E-state index >= 15 is 0 Å². The van der Waals surface area contributed by atoms with Crippen LogP contribution in [0.3, 0.4) is 0 Å². The van der Waals surface area contributed by atoms with E-state index in [2.05, 4.69) is 5.32 Å². The van der Waals surface area contributed by atoms with E-state index in [1.54, 1.807) is 0 Å². The normalized spacial score (nSPS) is 10.4. The number of amides is 1. The second-order valence-electron chi connectivity index (χ2n) is 3.80. The highest BCUT2D eigenvalue weighted by atomic mass is 35.5. The monoisotopic (exact) mass is 335 g/mol. The van der Waals surface area contributed by atoms with Crippen LogP contribution in [0.15, 0.2) is 30.3 Å². The third-order valence-corrected chi connectivity index (χ3v) is 3.49. The predicted molar refractivity (Wildman–Crippen MR) is 75.8 cm³/mol. The second kappa shape index (κ2) is 5.95. The lowest BCUT2D eigenvalue weighted by molar-refractivity contribution is 0.102. The van der Waals surface area contributed by atoms with Gasteiger partial charge in [-0.1, -0.05) is 40.9 Å². The summed E-state index contributed by atoms with van der Waals surface area (Å²) in [6.07, 6.45) is 0. The van der Waals surface area contributed by atoms with Crippen molar-refractivity contribution in [2.45, 2.75) is 0 Å². The zero-order chi connectivity index (χ0) is 14.9. The standard InChI is InChI=1S/C13H6Cl3F2NO/c14-7-4-9(16)11(5-8(7)15)19-13(20)6-2-1-3-10(17)12(6)18/h1-5H,(H,19,20). The molecule has 7 heteroatoms. The maximum absolute atomic E-state index is 13.5. The average molecular weight is 337 g/mol. The topological polar surface area (TPSA) is 29.1 Å². The van der Waals surface area contributed by atoms with Crippen molar-refractivity contribution >= 4 is 46.4 Å². The smallest absolute Gasteiger partial charge is 0.258 e. The van der Waals surface area contributed by atoms with Crippen molar-refractivity contribution in [2.75, 3.05) is 5.32 Å². The Morgan fingerprint density at radius 3 is 2.35 bits per heavy atom. The van der Waals surface area contributed by atoms with Crippen LogP contribution in [-0.2, 0) is 0 Å². The van der Waals surface area contributed by atoms with Crippen molar-refractivity contribution < 1.29 is 13.6 Å². The van der Waals surface area contributed by atoms with Crippen LogP contribution in [0.25, 0.3) is 0 Å². The number of hydrogen-bond acceptors (Lipinski definition) is 1. The lowest BCUT2D eigenvalue weighted by atomic mass is 10.2. The number of nitrogens with one attached hydrogen (secondary N) is 1. The lowest BCUT2D eigenvalue weighted by Crippen LogP contribution is -2.14. The summed E-state index contributed by atoms with van der Waals surface area (Å²) >= 11 is 17.4. The number of rotatable bonds is 2. The number of halogens is 5. The molecule has 0 fully saturated rings. The number of anilines is 1. The fourth-order valence-electron chi connectivity index (χ4n) is 1.49. The van der Waals surface area contributed by atoms with Crippen LogP contribution in [0.2, 0.25) is 15.1 Å². The molecule has 0 radical (unpaired) electrons. The summed E-state index contributed by atoms with van der Waals surface area (Å²) in [7, 11) is 0. The van der Waals surface area contributed by atoms with Gasteiger partial charge in [0.2, 0.25) is 0 Å². The molecule has 2 aromatic carbocycles. The van der Waals surface area contributed by atoms with Gasteiger partial charge >= 0.3 is 0 Å². The van der Waals surface area contributed by atoms with Crippen LogP contribution >= 0.6 is 34.8 Å². The van der Waals surface area contributed by atoms with E-state index in [-0.39, 0.29) is 20.8 Å². The van der Waals surface area contributed by atoms with E-state index < -0.39 is 23.1 Å². The molecule has 2 rings (SSSR count). The summed E-state index contributed by atoms with van der Waals surface area (Å²) in [5.74, 6) is -3.19. The van der Waals surface area contributed by atoms with Crippen molar-refractivity contribution in [3.63, 3.8) is 0 Å². The third kappa shape index (κ3) is 3.03. The van der Waals surface area contributed by atoms with Crippen molar-refractivity contribution in [3.05, 3.63) is 62.6 Å². The molecular formula is C13H6Cl3F2NO. The van der Waals surface area contributed by atoms with Crippen molar-refractivity contribution in [1.82, 2.24) is 0 Å². The molecule has 2 aromatic rings. The first-order valence-corrected chi connectivity index (χ1v) is 6.43. The molecule has 0 aliphatic rings. The Morgan fingerprint density at radius 2 is 1.65 bits per heavy atom. The summed E-state index contributed by atoms with van der Waals surface area (Å²) in [6, 6.07) is 5.95. The van der Waals surface area contributed by atoms with Crippen LogP contribution in [0.5, 0.6) is 0 Å². The predicted octanol–water partition coefficient (Wildman–Crippen LogP) is 5.18. The SMILES string of the molecule is O=C(Nc1cc(Cl)c(Cl)cc1Cl)c1cccc(F)c1F. The van der Waals surface area contributed by atoms with Crippen LogP contribution in [0.1, 0.15) is 10.4 Å². The zero-order valence-corrected chi connectivity index (χ0v) is 12.0. The third-order valence-electron chi connectivity index (χ3n) is 2.45. The molecule has 0 heterocycles. The van der Waals surface area contributed by atoms with Crippen LogP contribution in [0.4, 0.5) is 14.5 Å². The van der Waals surface area contributed by atoms with E-state index in [4.69, 9.17) is 34.8 Å². The zero-order valence-electron chi connectivity index (χ0n) is 9.68. The van der Waals surface area contributed by atoms with Gasteiger partial charge in [-0.3, -0.25) is 4.79 Å². The molecule has 0 aromatic heterocycles. The number of hydrogen-bond donors (Lipinski definition) is 1. The van der Waals surface area contributed by atoms with Gasteiger partial charge in [-0.2, -0.15) is 0 Å². The Labute approximate surface area is 128 Å². The molecule has 1 amide bonds. The maximum atomic E-state index is 13.5. The largest absolute Gasteiger partial charge is 0.320 e. The molecule has 0 saturated carbocycles. The quantitative estimate of drug-likeness (QED) is 0.752. The molecule has 0 bridgehead atoms. The first kappa shape index (κ1) is 15.0. The molecular weight excluding hydrogens is 331 g/mol. The van der Waals surface area contributed by atoms with Crippen LogP contribution in [-0.4, -0.2) is 5.91 Å². The highest BCUT2D eigenvalue weighted by molar-refractivity contribution is 6.44. The van der Waals surface area contributed by atoms with Gasteiger partial charge in [0, 0.05) is 0 Å². The molecule has 2 nitrogen and oxygen atoms in total. The molecule has 0 aliphatic carbocycles. The average Bonchev–Trinajstić information content (AvgIpc) is 2.39. The summed E-state index contributed by atoms with van der Waals surface area (Å²) < 4.78 is 26.5. The van der Waals surface area contributed by atoms with Gasteiger partial charge in [-0.15, -0.1) is 0 Å². The Balaban J connectivity index is 2.33. The molecule has 0 saturated heterocycles. The second-order valence-corrected chi connectivity index (χ2v) is 5.02. The van der Waals surface area contributed by atoms with E-state index in [9.17, 15) is 13.6 Å². The Bertz CT molecular complexity index is 692. The van der Waals surface area contributed by atoms with Crippen molar-refractivity contribution in [2.24, 2.45) is 0 Å². The molecule has 0 spiro atoms. The van der Waals surface area contributed by atoms with Gasteiger partial charge in [0.25, 0.3) is 5.91 Å². The molecule has 104 valence electrons. The van der Waals surface area contributed by atoms with Gasteiger partial charge in [0.15, 0.2) is 11.6 Å². The van der Waals surface area contributed by atoms with E-state index in [0.29, 0.717) is 0 Å². The highest BCUT2D eigenvalue weighted by Gasteiger charge is 2.16. The van der Waals surface area contributed by atoms with Gasteiger partial charge in [0.05, 0.1) is 26.3 Å². The van der Waals surface area contributed by atoms with Gasteiger partial charge in [0.1, 0.15) is 0 Å². The first-order chi connectivity index (χ1) is 9.40. The minimum atomic E-state index is -1.24. The molecule has 0 atom stereocenters. The molecule has 20 heavy (non-hydrogen) atoms. The van der Waals surface area contributed by atoms with Gasteiger partial charge in [-0.25, -0.2) is 8.78 Å². The first-order valence-electron chi connectivity index (χ1n) is 5.30. The van der Waals surface area contributed by atoms with E-state index in [1.165, 1.54) is 18.2 Å². The van der Waals surface area contributed by atoms with Crippen molar-refractivity contribution in [3.8, 4) is 0 Å². The van der Waals surface area contributed by atoms with E-state index in [0.717, 1.165) is 12.1 Å². The number of carbonyl (C=O) groups excluding carboxylic acids is 1. The fourth-order valence-corrected chi connectivity index (χ4v) is 2.08. The summed E-state index contributed by atoms with van der Waals surface area (Å²) in [6.45, 7) is 0. The number of carbonyl (C=O) groups is 1. The maximum Gasteiger partial charge on any atom is 0.258 e. The molecule has 0 unspecified atom stereocenters. The molecule has 0 aliphatic heterocycles. The minimum absolute atomic E-state index is 0.129. The summed E-state index contributed by atoms with van der Waals surface area (Å²) in [5, 5.41) is 2.86. The Morgan fingerprint density at radius 1 is 1.00 bits per heavy atom. The summed E-state index contributed by atoms with van der Waals surface area (Å²) in [4.78, 5) is 11.9. The fraction of sp³-hybridized carbons (Fsp3) is 0. The van der Waals surface area contributed by atoms with Gasteiger partial charge in [-0.05, 0) is 24.3 Å². The van der Waals surface area contributed by atoms with Crippen LogP contribution < -0.4 is 5.32 Å². The summed E-state index contributed by atoms with van der Waals surface area (Å²) in [5.41, 5.74) is -0.290. The lowest BCUT2D eigenvalue weighted by Gasteiger charge is -2.09.